The molecule has 0 radical (unpaired) electrons. The molecule has 0 aliphatic rings. The molecule has 0 aliphatic carbocycles. The third kappa shape index (κ3) is 6.84. The van der Waals surface area contributed by atoms with Crippen molar-refractivity contribution in [2.45, 2.75) is 6.92 Å². The smallest absolute Gasteiger partial charge is 0.354 e. The van der Waals surface area contributed by atoms with Crippen LogP contribution in [-0.4, -0.2) is 44.3 Å². The molecule has 2 rings (SSSR count). The second-order valence-corrected chi connectivity index (χ2v) is 4.85. The van der Waals surface area contributed by atoms with Gasteiger partial charge in [-0.05, 0) is 18.2 Å². The van der Waals surface area contributed by atoms with Crippen LogP contribution in [0.1, 0.15) is 27.9 Å². The zero-order valence-corrected chi connectivity index (χ0v) is 14.4. The first-order valence-electron chi connectivity index (χ1n) is 7.47. The second kappa shape index (κ2) is 10.6. The van der Waals surface area contributed by atoms with Gasteiger partial charge in [0.2, 0.25) is 5.91 Å². The molecule has 28 heavy (non-hydrogen) atoms. The zero-order valence-electron chi connectivity index (χ0n) is 14.4. The molecule has 0 saturated carbocycles. The van der Waals surface area contributed by atoms with Gasteiger partial charge < -0.3 is 15.7 Å². The number of anilines is 1. The highest BCUT2D eigenvalue weighted by molar-refractivity contribution is 5.98. The fourth-order valence-corrected chi connectivity index (χ4v) is 1.68. The van der Waals surface area contributed by atoms with Crippen molar-refractivity contribution >= 4 is 29.2 Å². The van der Waals surface area contributed by atoms with Gasteiger partial charge in [-0.1, -0.05) is 0 Å². The van der Waals surface area contributed by atoms with Gasteiger partial charge in [0.15, 0.2) is 0 Å². The maximum atomic E-state index is 11.8. The molecule has 0 unspecified atom stereocenters. The third-order valence-electron chi connectivity index (χ3n) is 2.87. The van der Waals surface area contributed by atoms with E-state index in [1.165, 1.54) is 31.3 Å². The van der Waals surface area contributed by atoms with E-state index in [0.717, 1.165) is 12.3 Å². The van der Waals surface area contributed by atoms with Gasteiger partial charge in [0, 0.05) is 13.0 Å². The second-order valence-electron chi connectivity index (χ2n) is 4.85. The topological polar surface area (TPSA) is 188 Å². The molecular weight excluding hydrogens is 372 g/mol. The van der Waals surface area contributed by atoms with Gasteiger partial charge in [-0.15, -0.1) is 0 Å². The van der Waals surface area contributed by atoms with Crippen molar-refractivity contribution in [3.8, 4) is 6.07 Å². The van der Waals surface area contributed by atoms with E-state index in [9.17, 15) is 24.5 Å². The lowest BCUT2D eigenvalue weighted by atomic mass is 10.3. The first-order valence-corrected chi connectivity index (χ1v) is 7.47. The summed E-state index contributed by atoms with van der Waals surface area (Å²) in [5.41, 5.74) is -0.245. The largest absolute Gasteiger partial charge is 0.477 e. The van der Waals surface area contributed by atoms with E-state index in [2.05, 4.69) is 20.6 Å². The molecule has 12 nitrogen and oxygen atoms in total. The predicted molar refractivity (Wildman–Crippen MR) is 94.3 cm³/mol. The fraction of sp³-hybridized carbons (Fsp3) is 0.125. The normalized spacial score (nSPS) is 9.14. The van der Waals surface area contributed by atoms with Crippen molar-refractivity contribution in [1.29, 1.82) is 5.26 Å². The number of rotatable bonds is 6. The Kier molecular flexibility index (Phi) is 8.16. The van der Waals surface area contributed by atoms with E-state index in [1.807, 2.05) is 0 Å². The van der Waals surface area contributed by atoms with E-state index < -0.39 is 22.7 Å². The summed E-state index contributed by atoms with van der Waals surface area (Å²) in [6.45, 7) is 1.05. The maximum absolute atomic E-state index is 11.8. The molecule has 144 valence electrons. The molecule has 0 aromatic carbocycles. The number of carbonyl (C=O) groups is 3. The number of nitriles is 1. The average Bonchev–Trinajstić information content (AvgIpc) is 2.67. The minimum Gasteiger partial charge on any atom is -0.477 e. The lowest BCUT2D eigenvalue weighted by molar-refractivity contribution is -0.385. The Labute approximate surface area is 158 Å². The van der Waals surface area contributed by atoms with Gasteiger partial charge in [-0.3, -0.25) is 19.7 Å². The number of pyridine rings is 2. The summed E-state index contributed by atoms with van der Waals surface area (Å²) in [4.78, 5) is 51.3. The Morgan fingerprint density at radius 3 is 2.25 bits per heavy atom. The monoisotopic (exact) mass is 386 g/mol. The number of nitrogens with zero attached hydrogens (tertiary/aromatic N) is 4. The van der Waals surface area contributed by atoms with Gasteiger partial charge in [0.1, 0.15) is 17.6 Å². The number of nitro groups is 1. The molecule has 2 aromatic rings. The molecule has 3 N–H and O–H groups in total. The molecule has 0 atom stereocenters. The molecule has 0 bridgehead atoms. The van der Waals surface area contributed by atoms with Crippen LogP contribution in [-0.2, 0) is 4.79 Å². The van der Waals surface area contributed by atoms with Crippen LogP contribution in [0.5, 0.6) is 0 Å². The number of nitrogens with one attached hydrogen (secondary N) is 2. The Morgan fingerprint density at radius 1 is 1.18 bits per heavy atom. The molecule has 2 amide bonds. The van der Waals surface area contributed by atoms with E-state index >= 15 is 0 Å². The molecular formula is C16H14N6O6. The Hall–Kier alpha value is -4.40. The Morgan fingerprint density at radius 2 is 1.79 bits per heavy atom. The summed E-state index contributed by atoms with van der Waals surface area (Å²) in [5.74, 6) is -2.44. The Bertz CT molecular complexity index is 905. The highest BCUT2D eigenvalue weighted by atomic mass is 16.6. The lowest BCUT2D eigenvalue weighted by Gasteiger charge is -2.06. The minimum atomic E-state index is -1.19. The fourth-order valence-electron chi connectivity index (χ4n) is 1.68. The number of aromatic nitrogens is 2. The van der Waals surface area contributed by atoms with E-state index in [-0.39, 0.29) is 29.3 Å². The number of carbonyl (C=O) groups excluding carboxylic acids is 2. The van der Waals surface area contributed by atoms with E-state index in [1.54, 1.807) is 6.07 Å². The lowest BCUT2D eigenvalue weighted by Crippen LogP contribution is -2.33. The summed E-state index contributed by atoms with van der Waals surface area (Å²) in [6, 6.07) is 6.61. The van der Waals surface area contributed by atoms with Crippen molar-refractivity contribution in [2.24, 2.45) is 0 Å². The number of aromatic carboxylic acids is 1. The van der Waals surface area contributed by atoms with Crippen LogP contribution in [0.15, 0.2) is 36.7 Å². The van der Waals surface area contributed by atoms with Gasteiger partial charge >= 0.3 is 5.97 Å². The van der Waals surface area contributed by atoms with E-state index in [0.29, 0.717) is 0 Å². The quantitative estimate of drug-likeness (QED) is 0.480. The highest BCUT2D eigenvalue weighted by Gasteiger charge is 2.12. The van der Waals surface area contributed by atoms with Gasteiger partial charge in [0.05, 0.1) is 29.4 Å². The maximum Gasteiger partial charge on any atom is 0.354 e. The first-order chi connectivity index (χ1) is 13.3. The van der Waals surface area contributed by atoms with E-state index in [4.69, 9.17) is 10.4 Å². The molecule has 0 aliphatic heterocycles. The molecule has 0 spiro atoms. The van der Waals surface area contributed by atoms with Crippen LogP contribution >= 0.6 is 0 Å². The summed E-state index contributed by atoms with van der Waals surface area (Å²) >= 11 is 0. The average molecular weight is 386 g/mol. The van der Waals surface area contributed by atoms with Crippen LogP contribution in [0.25, 0.3) is 0 Å². The molecule has 0 fully saturated rings. The predicted octanol–water partition coefficient (Wildman–Crippen LogP) is 0.981. The number of hydrogen-bond acceptors (Lipinski definition) is 8. The SMILES string of the molecule is CC#N.O=C(CNC(=O)c1ccc([N+](=O)[O-])cn1)Nc1ccc(C(=O)O)nc1. The first kappa shape index (κ1) is 21.6. The summed E-state index contributed by atoms with van der Waals surface area (Å²) in [7, 11) is 0. The number of hydrogen-bond donors (Lipinski definition) is 3. The van der Waals surface area contributed by atoms with Crippen molar-refractivity contribution in [2.75, 3.05) is 11.9 Å². The van der Waals surface area contributed by atoms with Crippen LogP contribution in [0.2, 0.25) is 0 Å². The van der Waals surface area contributed by atoms with Crippen LogP contribution in [0.4, 0.5) is 11.4 Å². The van der Waals surface area contributed by atoms with Crippen LogP contribution in [0, 0.1) is 21.4 Å². The van der Waals surface area contributed by atoms with Crippen LogP contribution < -0.4 is 10.6 Å². The van der Waals surface area contributed by atoms with Crippen molar-refractivity contribution < 1.29 is 24.4 Å². The van der Waals surface area contributed by atoms with Crippen molar-refractivity contribution in [3.63, 3.8) is 0 Å². The standard InChI is InChI=1S/C14H11N5O6.C2H3N/c20-12(18-8-1-3-11(14(22)23)15-5-8)7-17-13(21)10-4-2-9(6-16-10)19(24)25;1-2-3/h1-6H,7H2,(H,17,21)(H,18,20)(H,22,23);1H3. The number of carboxylic acids is 1. The highest BCUT2D eigenvalue weighted by Crippen LogP contribution is 2.09. The number of amides is 2. The molecule has 2 heterocycles. The molecule has 12 heteroatoms. The van der Waals surface area contributed by atoms with Gasteiger partial charge in [-0.2, -0.15) is 5.26 Å². The van der Waals surface area contributed by atoms with Gasteiger partial charge in [-0.25, -0.2) is 14.8 Å². The van der Waals surface area contributed by atoms with Gasteiger partial charge in [0.25, 0.3) is 11.6 Å². The third-order valence-corrected chi connectivity index (χ3v) is 2.87. The summed E-state index contributed by atoms with van der Waals surface area (Å²) in [6.07, 6.45) is 2.10. The molecule has 0 saturated heterocycles. The molecule has 2 aromatic heterocycles. The number of carboxylic acid groups (broad SMARTS) is 1. The van der Waals surface area contributed by atoms with Crippen LogP contribution in [0.3, 0.4) is 0 Å². The Balaban J connectivity index is 0.00000122. The summed E-state index contributed by atoms with van der Waals surface area (Å²) in [5, 5.41) is 31.3. The van der Waals surface area contributed by atoms with Crippen molar-refractivity contribution in [1.82, 2.24) is 15.3 Å². The minimum absolute atomic E-state index is 0.0779. The van der Waals surface area contributed by atoms with Crippen molar-refractivity contribution in [3.05, 3.63) is 58.2 Å². The zero-order chi connectivity index (χ0) is 21.1. The summed E-state index contributed by atoms with van der Waals surface area (Å²) < 4.78 is 0.